The molecule has 0 spiro atoms. The minimum atomic E-state index is -0.964. The number of aromatic hydroxyl groups is 1. The maximum absolute atomic E-state index is 14.8. The lowest BCUT2D eigenvalue weighted by molar-refractivity contribution is 0.0934. The number of phenols is 1. The molecule has 1 aromatic carbocycles. The Bertz CT molecular complexity index is 1260. The van der Waals surface area contributed by atoms with E-state index < -0.39 is 11.9 Å². The maximum Gasteiger partial charge on any atom is 0.350 e. The van der Waals surface area contributed by atoms with Gasteiger partial charge < -0.3 is 5.11 Å². The van der Waals surface area contributed by atoms with Gasteiger partial charge in [0.1, 0.15) is 23.9 Å². The summed E-state index contributed by atoms with van der Waals surface area (Å²) in [5.41, 5.74) is 1.49. The Morgan fingerprint density at radius 2 is 2.12 bits per heavy atom. The minimum Gasteiger partial charge on any atom is -0.507 e. The van der Waals surface area contributed by atoms with Crippen LogP contribution in [0.25, 0.3) is 28.2 Å². The standard InChI is InChI=1S/C25H29FN6O2/c1-5-9-25(3)10-8-19(26)18(12-25)15(2)22-27-13-20(30-31-22)17-7-6-16(11-21(17)33)23-28-14-32(4)24(34)29-23/h6-7,11,13-14,18-19,33H,2,5,8-10,12H2,1,3-4H3/t18-,19-,25+/m0/s1. The fourth-order valence-electron chi connectivity index (χ4n) is 4.75. The molecule has 1 fully saturated rings. The van der Waals surface area contributed by atoms with E-state index in [1.54, 1.807) is 19.2 Å². The van der Waals surface area contributed by atoms with Gasteiger partial charge >= 0.3 is 5.69 Å². The summed E-state index contributed by atoms with van der Waals surface area (Å²) in [5.74, 6) is 0.131. The van der Waals surface area contributed by atoms with Crippen molar-refractivity contribution in [3.8, 4) is 28.4 Å². The highest BCUT2D eigenvalue weighted by Gasteiger charge is 2.39. The van der Waals surface area contributed by atoms with Gasteiger partial charge in [0.15, 0.2) is 11.6 Å². The first-order valence-electron chi connectivity index (χ1n) is 11.5. The number of hydrogen-bond acceptors (Lipinski definition) is 7. The average Bonchev–Trinajstić information content (AvgIpc) is 2.82. The van der Waals surface area contributed by atoms with Crippen LogP contribution >= 0.6 is 0 Å². The summed E-state index contributed by atoms with van der Waals surface area (Å²) >= 11 is 0. The molecule has 1 saturated carbocycles. The van der Waals surface area contributed by atoms with Gasteiger partial charge in [0.05, 0.1) is 6.20 Å². The molecule has 0 aliphatic heterocycles. The van der Waals surface area contributed by atoms with Gasteiger partial charge in [0, 0.05) is 24.1 Å². The minimum absolute atomic E-state index is 0.0733. The zero-order valence-electron chi connectivity index (χ0n) is 19.7. The number of allylic oxidation sites excluding steroid dienone is 1. The molecule has 178 valence electrons. The van der Waals surface area contributed by atoms with E-state index in [1.165, 1.54) is 23.2 Å². The second-order valence-corrected chi connectivity index (χ2v) is 9.42. The highest BCUT2D eigenvalue weighted by molar-refractivity contribution is 5.71. The van der Waals surface area contributed by atoms with Crippen LogP contribution in [0.4, 0.5) is 4.39 Å². The van der Waals surface area contributed by atoms with Crippen molar-refractivity contribution in [1.29, 1.82) is 0 Å². The molecule has 3 atom stereocenters. The van der Waals surface area contributed by atoms with E-state index in [0.717, 1.165) is 25.7 Å². The van der Waals surface area contributed by atoms with Crippen LogP contribution in [0.2, 0.25) is 0 Å². The molecule has 1 aliphatic carbocycles. The molecule has 0 unspecified atom stereocenters. The SMILES string of the molecule is C=C(c1ncc(-c2ccc(-c3ncn(C)c(=O)n3)cc2O)nn1)[C@@H]1C[C@](C)(CCC)CC[C@@H]1F. The maximum atomic E-state index is 14.8. The summed E-state index contributed by atoms with van der Waals surface area (Å²) < 4.78 is 16.0. The number of aryl methyl sites for hydroxylation is 1. The molecule has 2 heterocycles. The smallest absolute Gasteiger partial charge is 0.350 e. The first-order chi connectivity index (χ1) is 16.2. The second-order valence-electron chi connectivity index (χ2n) is 9.42. The average molecular weight is 465 g/mol. The lowest BCUT2D eigenvalue weighted by Gasteiger charge is -2.40. The Kier molecular flexibility index (Phi) is 6.54. The Morgan fingerprint density at radius 3 is 2.76 bits per heavy atom. The van der Waals surface area contributed by atoms with Gasteiger partial charge in [0.2, 0.25) is 0 Å². The Labute approximate surface area is 197 Å². The van der Waals surface area contributed by atoms with Gasteiger partial charge in [-0.15, -0.1) is 10.2 Å². The van der Waals surface area contributed by atoms with Crippen molar-refractivity contribution >= 4 is 5.57 Å². The summed E-state index contributed by atoms with van der Waals surface area (Å²) in [4.78, 5) is 24.2. The van der Waals surface area contributed by atoms with Gasteiger partial charge in [-0.25, -0.2) is 19.2 Å². The Morgan fingerprint density at radius 1 is 1.32 bits per heavy atom. The Balaban J connectivity index is 1.54. The number of aromatic nitrogens is 6. The molecule has 2 aromatic heterocycles. The molecular formula is C25H29FN6O2. The van der Waals surface area contributed by atoms with Crippen LogP contribution in [0.3, 0.4) is 0 Å². The molecule has 1 aliphatic rings. The second kappa shape index (κ2) is 9.40. The Hall–Kier alpha value is -3.49. The molecule has 3 aromatic rings. The largest absolute Gasteiger partial charge is 0.507 e. The van der Waals surface area contributed by atoms with Crippen LogP contribution in [-0.2, 0) is 7.05 Å². The van der Waals surface area contributed by atoms with E-state index in [9.17, 15) is 14.3 Å². The van der Waals surface area contributed by atoms with Gasteiger partial charge in [0.25, 0.3) is 0 Å². The zero-order chi connectivity index (χ0) is 24.5. The molecule has 0 radical (unpaired) electrons. The molecule has 4 rings (SSSR count). The van der Waals surface area contributed by atoms with E-state index in [4.69, 9.17) is 0 Å². The summed E-state index contributed by atoms with van der Waals surface area (Å²) in [6, 6.07) is 4.78. The molecule has 34 heavy (non-hydrogen) atoms. The summed E-state index contributed by atoms with van der Waals surface area (Å²) in [6.07, 6.45) is 6.14. The molecule has 0 bridgehead atoms. The predicted octanol–water partition coefficient (Wildman–Crippen LogP) is 4.36. The number of hydrogen-bond donors (Lipinski definition) is 1. The van der Waals surface area contributed by atoms with Crippen LogP contribution in [0, 0.1) is 11.3 Å². The van der Waals surface area contributed by atoms with Gasteiger partial charge in [-0.1, -0.05) is 32.9 Å². The summed E-state index contributed by atoms with van der Waals surface area (Å²) in [5, 5.41) is 19.0. The van der Waals surface area contributed by atoms with E-state index in [-0.39, 0.29) is 22.9 Å². The third kappa shape index (κ3) is 4.73. The number of alkyl halides is 1. The third-order valence-corrected chi connectivity index (χ3v) is 6.71. The lowest BCUT2D eigenvalue weighted by atomic mass is 9.66. The number of phenolic OH excluding ortho intramolecular Hbond substituents is 1. The summed E-state index contributed by atoms with van der Waals surface area (Å²) in [6.45, 7) is 8.48. The van der Waals surface area contributed by atoms with Crippen molar-refractivity contribution in [1.82, 2.24) is 29.7 Å². The number of rotatable bonds is 6. The van der Waals surface area contributed by atoms with Crippen LogP contribution < -0.4 is 5.69 Å². The van der Waals surface area contributed by atoms with Gasteiger partial charge in [-0.3, -0.25) is 4.57 Å². The van der Waals surface area contributed by atoms with Crippen LogP contribution in [-0.4, -0.2) is 41.0 Å². The van der Waals surface area contributed by atoms with Crippen LogP contribution in [0.5, 0.6) is 5.75 Å². The fraction of sp³-hybridized carbons (Fsp3) is 0.440. The van der Waals surface area contributed by atoms with E-state index in [2.05, 4.69) is 45.6 Å². The van der Waals surface area contributed by atoms with Crippen LogP contribution in [0.1, 0.15) is 51.8 Å². The molecule has 0 amide bonds. The van der Waals surface area contributed by atoms with E-state index in [1.807, 2.05) is 0 Å². The third-order valence-electron chi connectivity index (χ3n) is 6.71. The van der Waals surface area contributed by atoms with Crippen molar-refractivity contribution in [2.24, 2.45) is 18.4 Å². The van der Waals surface area contributed by atoms with Crippen LogP contribution in [0.15, 0.2) is 42.1 Å². The molecule has 8 nitrogen and oxygen atoms in total. The predicted molar refractivity (Wildman–Crippen MR) is 127 cm³/mol. The number of halogens is 1. The van der Waals surface area contributed by atoms with Crippen molar-refractivity contribution in [3.05, 3.63) is 53.6 Å². The molecule has 9 heteroatoms. The van der Waals surface area contributed by atoms with E-state index >= 15 is 0 Å². The first-order valence-corrected chi connectivity index (χ1v) is 11.5. The quantitative estimate of drug-likeness (QED) is 0.578. The van der Waals surface area contributed by atoms with Crippen molar-refractivity contribution in [2.45, 2.75) is 52.1 Å². The molecule has 1 N–H and O–H groups in total. The topological polar surface area (TPSA) is 107 Å². The van der Waals surface area contributed by atoms with Gasteiger partial charge in [-0.05, 0) is 48.8 Å². The van der Waals surface area contributed by atoms with Crippen molar-refractivity contribution < 1.29 is 9.50 Å². The fourth-order valence-corrected chi connectivity index (χ4v) is 4.75. The molecular weight excluding hydrogens is 435 g/mol. The van der Waals surface area contributed by atoms with Gasteiger partial charge in [-0.2, -0.15) is 4.98 Å². The van der Waals surface area contributed by atoms with Crippen molar-refractivity contribution in [3.63, 3.8) is 0 Å². The lowest BCUT2D eigenvalue weighted by Crippen LogP contribution is -2.33. The highest BCUT2D eigenvalue weighted by Crippen LogP contribution is 2.47. The normalized spacial score (nSPS) is 22.5. The summed E-state index contributed by atoms with van der Waals surface area (Å²) in [7, 11) is 1.56. The molecule has 0 saturated heterocycles. The zero-order valence-corrected chi connectivity index (χ0v) is 19.7. The number of benzene rings is 1. The van der Waals surface area contributed by atoms with Crippen molar-refractivity contribution in [2.75, 3.05) is 0 Å². The number of nitrogens with zero attached hydrogens (tertiary/aromatic N) is 6. The first kappa shape index (κ1) is 23.7. The highest BCUT2D eigenvalue weighted by atomic mass is 19.1. The monoisotopic (exact) mass is 464 g/mol. The van der Waals surface area contributed by atoms with E-state index in [0.29, 0.717) is 34.6 Å².